The molecule has 1 aliphatic rings. The molecular formula is C28H36ClN5O4S. The number of rotatable bonds is 6. The van der Waals surface area contributed by atoms with E-state index < -0.39 is 10.0 Å². The first-order valence-electron chi connectivity index (χ1n) is 12.8. The topological polar surface area (TPSA) is 114 Å². The van der Waals surface area contributed by atoms with Crippen LogP contribution in [0.1, 0.15) is 41.8 Å². The molecule has 1 atom stereocenters. The zero-order valence-corrected chi connectivity index (χ0v) is 24.5. The molecule has 1 aromatic heterocycles. The number of benzene rings is 2. The summed E-state index contributed by atoms with van der Waals surface area (Å²) in [5.74, 6) is 0.183. The van der Waals surface area contributed by atoms with Crippen molar-refractivity contribution in [1.82, 2.24) is 20.2 Å². The lowest BCUT2D eigenvalue weighted by atomic mass is 10.00. The first-order chi connectivity index (χ1) is 18.1. The van der Waals surface area contributed by atoms with Crippen molar-refractivity contribution < 1.29 is 17.9 Å². The van der Waals surface area contributed by atoms with Crippen molar-refractivity contribution in [3.8, 4) is 17.1 Å². The van der Waals surface area contributed by atoms with E-state index in [9.17, 15) is 13.2 Å². The molecule has 0 radical (unpaired) electrons. The first-order valence-corrected chi connectivity index (χ1v) is 14.2. The lowest BCUT2D eigenvalue weighted by Gasteiger charge is -2.33. The van der Waals surface area contributed by atoms with E-state index in [4.69, 9.17) is 4.74 Å². The van der Waals surface area contributed by atoms with Crippen LogP contribution in [-0.4, -0.2) is 62.0 Å². The van der Waals surface area contributed by atoms with Gasteiger partial charge in [-0.1, -0.05) is 38.1 Å². The van der Waals surface area contributed by atoms with Crippen LogP contribution in [0.4, 0.5) is 5.95 Å². The molecule has 11 heteroatoms. The average molecular weight is 574 g/mol. The van der Waals surface area contributed by atoms with Gasteiger partial charge in [-0.2, -0.15) is 4.98 Å². The number of hydrogen-bond donors (Lipinski definition) is 2. The molecule has 4 bridgehead atoms. The number of nitrogens with zero attached hydrogens (tertiary/aromatic N) is 3. The maximum atomic E-state index is 13.7. The third-order valence-electron chi connectivity index (χ3n) is 6.53. The minimum atomic E-state index is -4.08. The summed E-state index contributed by atoms with van der Waals surface area (Å²) in [5, 5.41) is 3.11. The molecule has 3 aromatic rings. The number of anilines is 1. The van der Waals surface area contributed by atoms with Gasteiger partial charge < -0.3 is 15.0 Å². The van der Waals surface area contributed by atoms with Gasteiger partial charge >= 0.3 is 0 Å². The van der Waals surface area contributed by atoms with E-state index in [0.29, 0.717) is 36.7 Å². The van der Waals surface area contributed by atoms with Gasteiger partial charge in [0, 0.05) is 30.3 Å². The standard InChI is InChI=1S/C28H35N5O4S.ClH/c1-18(2)14-22-17-37-25-16-24(26-19(3)8-6-9-20(26)4)30-28(31-25)32-38(35,36)23-11-7-10-21(15-23)27(34)33(22)13-12-29-5;/h6-11,15-16,18,22,29H,12-14,17H2,1-5H3,(H,30,31,32);1H/t22-;/m1./s1. The van der Waals surface area contributed by atoms with Gasteiger partial charge in [-0.25, -0.2) is 18.1 Å². The predicted octanol–water partition coefficient (Wildman–Crippen LogP) is 4.45. The maximum absolute atomic E-state index is 13.7. The van der Waals surface area contributed by atoms with E-state index in [0.717, 1.165) is 16.7 Å². The summed E-state index contributed by atoms with van der Waals surface area (Å²) in [4.78, 5) is 24.4. The summed E-state index contributed by atoms with van der Waals surface area (Å²) in [6, 6.07) is 13.5. The third-order valence-corrected chi connectivity index (χ3v) is 7.85. The van der Waals surface area contributed by atoms with E-state index in [1.165, 1.54) is 12.1 Å². The number of sulfonamides is 1. The Morgan fingerprint density at radius 2 is 1.79 bits per heavy atom. The second-order valence-electron chi connectivity index (χ2n) is 10.0. The Bertz CT molecular complexity index is 1410. The Kier molecular flexibility index (Phi) is 9.93. The molecule has 0 unspecified atom stereocenters. The number of nitrogens with one attached hydrogen (secondary N) is 2. The molecule has 2 heterocycles. The smallest absolute Gasteiger partial charge is 0.264 e. The molecule has 2 aromatic carbocycles. The van der Waals surface area contributed by atoms with Gasteiger partial charge in [0.25, 0.3) is 15.9 Å². The minimum absolute atomic E-state index is 0. The quantitative estimate of drug-likeness (QED) is 0.448. The second-order valence-corrected chi connectivity index (χ2v) is 11.7. The van der Waals surface area contributed by atoms with Crippen LogP contribution in [0, 0.1) is 19.8 Å². The largest absolute Gasteiger partial charge is 0.475 e. The van der Waals surface area contributed by atoms with Crippen molar-refractivity contribution >= 4 is 34.3 Å². The van der Waals surface area contributed by atoms with E-state index in [1.807, 2.05) is 39.1 Å². The van der Waals surface area contributed by atoms with Crippen molar-refractivity contribution in [2.75, 3.05) is 31.5 Å². The second kappa shape index (κ2) is 12.8. The summed E-state index contributed by atoms with van der Waals surface area (Å²) in [6.45, 7) is 9.37. The van der Waals surface area contributed by atoms with Crippen molar-refractivity contribution in [1.29, 1.82) is 0 Å². The molecule has 4 rings (SSSR count). The zero-order valence-electron chi connectivity index (χ0n) is 22.9. The van der Waals surface area contributed by atoms with Gasteiger partial charge in [0.15, 0.2) is 0 Å². The fourth-order valence-electron chi connectivity index (χ4n) is 4.73. The first kappa shape index (κ1) is 30.3. The van der Waals surface area contributed by atoms with Crippen LogP contribution in [-0.2, 0) is 10.0 Å². The lowest BCUT2D eigenvalue weighted by Crippen LogP contribution is -2.47. The van der Waals surface area contributed by atoms with E-state index >= 15 is 0 Å². The van der Waals surface area contributed by atoms with Gasteiger partial charge in [-0.3, -0.25) is 4.79 Å². The van der Waals surface area contributed by atoms with Crippen LogP contribution in [0.15, 0.2) is 53.4 Å². The number of aromatic nitrogens is 2. The van der Waals surface area contributed by atoms with Crippen LogP contribution in [0.25, 0.3) is 11.3 Å². The molecular weight excluding hydrogens is 538 g/mol. The highest BCUT2D eigenvalue weighted by molar-refractivity contribution is 7.92. The molecule has 0 saturated heterocycles. The monoisotopic (exact) mass is 573 g/mol. The third kappa shape index (κ3) is 7.06. The molecule has 9 nitrogen and oxygen atoms in total. The van der Waals surface area contributed by atoms with Crippen molar-refractivity contribution in [3.05, 3.63) is 65.2 Å². The molecule has 210 valence electrons. The summed E-state index contributed by atoms with van der Waals surface area (Å²) < 4.78 is 35.4. The fraction of sp³-hybridized carbons (Fsp3) is 0.393. The number of carbonyl (C=O) groups excluding carboxylic acids is 1. The number of aryl methyl sites for hydroxylation is 2. The Balaban J connectivity index is 0.00000420. The molecule has 0 fully saturated rings. The number of ether oxygens (including phenoxy) is 1. The van der Waals surface area contributed by atoms with Crippen molar-refractivity contribution in [3.63, 3.8) is 0 Å². The number of amides is 1. The average Bonchev–Trinajstić information content (AvgIpc) is 2.86. The normalized spacial score (nSPS) is 16.7. The van der Waals surface area contributed by atoms with E-state index in [2.05, 4.69) is 33.9 Å². The Hall–Kier alpha value is -3.21. The highest BCUT2D eigenvalue weighted by Gasteiger charge is 2.28. The molecule has 39 heavy (non-hydrogen) atoms. The number of hydrogen-bond acceptors (Lipinski definition) is 7. The van der Waals surface area contributed by atoms with Crippen LogP contribution in [0.2, 0.25) is 0 Å². The molecule has 1 aliphatic heterocycles. The van der Waals surface area contributed by atoms with Crippen molar-refractivity contribution in [2.24, 2.45) is 5.92 Å². The highest BCUT2D eigenvalue weighted by atomic mass is 35.5. The number of halogens is 1. The van der Waals surface area contributed by atoms with E-state index in [-0.39, 0.29) is 47.7 Å². The molecule has 0 saturated carbocycles. The summed E-state index contributed by atoms with van der Waals surface area (Å²) >= 11 is 0. The Morgan fingerprint density at radius 3 is 2.46 bits per heavy atom. The van der Waals surface area contributed by atoms with E-state index in [1.54, 1.807) is 23.1 Å². The van der Waals surface area contributed by atoms with Gasteiger partial charge in [0.05, 0.1) is 16.6 Å². The van der Waals surface area contributed by atoms with Crippen LogP contribution in [0.5, 0.6) is 5.88 Å². The Labute approximate surface area is 236 Å². The SMILES string of the molecule is CNCCN1C(=O)c2cccc(c2)S(=O)(=O)Nc2nc(cc(-c3c(C)cccc3C)n2)OC[C@H]1CC(C)C.Cl. The van der Waals surface area contributed by atoms with Gasteiger partial charge in [-0.15, -0.1) is 12.4 Å². The summed E-state index contributed by atoms with van der Waals surface area (Å²) in [6.07, 6.45) is 0.702. The fourth-order valence-corrected chi connectivity index (χ4v) is 5.71. The number of likely N-dealkylation sites (N-methyl/N-ethyl adjacent to an activating group) is 1. The van der Waals surface area contributed by atoms with Crippen LogP contribution < -0.4 is 14.8 Å². The number of fused-ring (bicyclic) bond motifs is 4. The zero-order chi connectivity index (χ0) is 27.4. The summed E-state index contributed by atoms with van der Waals surface area (Å²) in [7, 11) is -2.25. The Morgan fingerprint density at radius 1 is 1.10 bits per heavy atom. The highest BCUT2D eigenvalue weighted by Crippen LogP contribution is 2.30. The predicted molar refractivity (Wildman–Crippen MR) is 155 cm³/mol. The molecule has 0 spiro atoms. The summed E-state index contributed by atoms with van der Waals surface area (Å²) in [5.41, 5.74) is 3.72. The molecule has 1 amide bonds. The minimum Gasteiger partial charge on any atom is -0.475 e. The van der Waals surface area contributed by atoms with Crippen LogP contribution >= 0.6 is 12.4 Å². The lowest BCUT2D eigenvalue weighted by molar-refractivity contribution is 0.0579. The van der Waals surface area contributed by atoms with Gasteiger partial charge in [0.1, 0.15) is 6.61 Å². The maximum Gasteiger partial charge on any atom is 0.264 e. The van der Waals surface area contributed by atoms with Gasteiger partial charge in [-0.05, 0) is 62.6 Å². The molecule has 2 N–H and O–H groups in total. The number of carbonyl (C=O) groups is 1. The van der Waals surface area contributed by atoms with Crippen LogP contribution in [0.3, 0.4) is 0 Å². The van der Waals surface area contributed by atoms with Gasteiger partial charge in [0.2, 0.25) is 11.8 Å². The van der Waals surface area contributed by atoms with Crippen molar-refractivity contribution in [2.45, 2.75) is 45.1 Å². The molecule has 0 aliphatic carbocycles.